The second-order valence-corrected chi connectivity index (χ2v) is 8.04. The van der Waals surface area contributed by atoms with Crippen molar-refractivity contribution >= 4 is 33.8 Å². The van der Waals surface area contributed by atoms with Gasteiger partial charge in [-0.15, -0.1) is 0 Å². The summed E-state index contributed by atoms with van der Waals surface area (Å²) >= 11 is 1.67. The average Bonchev–Trinajstić information content (AvgIpc) is 3.22. The molecule has 0 radical (unpaired) electrons. The van der Waals surface area contributed by atoms with Crippen molar-refractivity contribution in [3.63, 3.8) is 0 Å². The van der Waals surface area contributed by atoms with Gasteiger partial charge in [0, 0.05) is 16.7 Å². The van der Waals surface area contributed by atoms with Crippen molar-refractivity contribution in [2.75, 3.05) is 0 Å². The van der Waals surface area contributed by atoms with Crippen LogP contribution in [0.2, 0.25) is 0 Å². The highest BCUT2D eigenvalue weighted by molar-refractivity contribution is 7.98. The Balaban J connectivity index is 1.60. The van der Waals surface area contributed by atoms with E-state index in [4.69, 9.17) is 4.98 Å². The van der Waals surface area contributed by atoms with Gasteiger partial charge in [0.2, 0.25) is 0 Å². The third kappa shape index (κ3) is 3.36. The summed E-state index contributed by atoms with van der Waals surface area (Å²) in [7, 11) is 0. The van der Waals surface area contributed by atoms with Crippen molar-refractivity contribution in [3.05, 3.63) is 77.9 Å². The highest BCUT2D eigenvalue weighted by atomic mass is 32.2. The Morgan fingerprint density at radius 2 is 1.83 bits per heavy atom. The van der Waals surface area contributed by atoms with E-state index in [0.717, 1.165) is 38.5 Å². The number of hydrogen-bond acceptors (Lipinski definition) is 5. The lowest BCUT2D eigenvalue weighted by Crippen LogP contribution is -1.96. The molecule has 0 spiro atoms. The summed E-state index contributed by atoms with van der Waals surface area (Å²) in [5.41, 5.74) is 8.37. The van der Waals surface area contributed by atoms with E-state index in [2.05, 4.69) is 82.3 Å². The van der Waals surface area contributed by atoms with E-state index in [0.29, 0.717) is 5.65 Å². The molecule has 6 heteroatoms. The van der Waals surface area contributed by atoms with E-state index in [-0.39, 0.29) is 0 Å². The summed E-state index contributed by atoms with van der Waals surface area (Å²) in [5.74, 6) is 0.755. The van der Waals surface area contributed by atoms with Crippen LogP contribution in [0, 0.1) is 13.8 Å². The summed E-state index contributed by atoms with van der Waals surface area (Å²) in [6.07, 6.45) is 3.22. The molecule has 5 nitrogen and oxygen atoms in total. The Morgan fingerprint density at radius 1 is 0.966 bits per heavy atom. The Labute approximate surface area is 172 Å². The molecule has 0 unspecified atom stereocenters. The van der Waals surface area contributed by atoms with Crippen LogP contribution in [0.4, 0.5) is 0 Å². The molecule has 1 N–H and O–H groups in total. The maximum Gasteiger partial charge on any atom is 0.181 e. The molecule has 5 rings (SSSR count). The first kappa shape index (κ1) is 17.8. The van der Waals surface area contributed by atoms with Crippen LogP contribution in [-0.2, 0) is 5.75 Å². The zero-order chi connectivity index (χ0) is 19.8. The van der Waals surface area contributed by atoms with Gasteiger partial charge in [-0.05, 0) is 31.0 Å². The third-order valence-corrected chi connectivity index (χ3v) is 6.04. The SMILES string of the molecule is Cc1ccc(-c2nc3c(C)cccc3cc2CSc2ncnc3nc[nH]c23)cc1. The first-order valence-electron chi connectivity index (χ1n) is 9.42. The molecule has 0 amide bonds. The molecule has 0 aliphatic heterocycles. The van der Waals surface area contributed by atoms with Crippen molar-refractivity contribution in [1.29, 1.82) is 0 Å². The molecule has 5 aromatic rings. The molecule has 3 heterocycles. The number of imidazole rings is 1. The van der Waals surface area contributed by atoms with E-state index in [9.17, 15) is 0 Å². The lowest BCUT2D eigenvalue weighted by Gasteiger charge is -2.12. The Bertz CT molecular complexity index is 1320. The Morgan fingerprint density at radius 3 is 2.69 bits per heavy atom. The van der Waals surface area contributed by atoms with Crippen molar-refractivity contribution < 1.29 is 0 Å². The van der Waals surface area contributed by atoms with Crippen molar-refractivity contribution in [2.45, 2.75) is 24.6 Å². The number of nitrogens with zero attached hydrogens (tertiary/aromatic N) is 4. The minimum atomic E-state index is 0.688. The molecule has 2 aromatic carbocycles. The van der Waals surface area contributed by atoms with Crippen molar-refractivity contribution in [1.82, 2.24) is 24.9 Å². The normalized spacial score (nSPS) is 11.4. The van der Waals surface area contributed by atoms with Gasteiger partial charge in [0.25, 0.3) is 0 Å². The minimum Gasteiger partial charge on any atom is -0.341 e. The van der Waals surface area contributed by atoms with Gasteiger partial charge < -0.3 is 4.98 Å². The van der Waals surface area contributed by atoms with Gasteiger partial charge in [-0.2, -0.15) is 0 Å². The number of aromatic amines is 1. The number of H-pyrrole nitrogens is 1. The first-order chi connectivity index (χ1) is 14.2. The number of aryl methyl sites for hydroxylation is 2. The molecular weight excluding hydrogens is 378 g/mol. The smallest absolute Gasteiger partial charge is 0.181 e. The van der Waals surface area contributed by atoms with Crippen LogP contribution < -0.4 is 0 Å². The zero-order valence-corrected chi connectivity index (χ0v) is 17.0. The minimum absolute atomic E-state index is 0.688. The fraction of sp³-hybridized carbons (Fsp3) is 0.130. The molecule has 0 saturated carbocycles. The average molecular weight is 398 g/mol. The molecule has 29 heavy (non-hydrogen) atoms. The monoisotopic (exact) mass is 397 g/mol. The first-order valence-corrected chi connectivity index (χ1v) is 10.4. The number of pyridine rings is 1. The Kier molecular flexibility index (Phi) is 4.48. The second-order valence-electron chi connectivity index (χ2n) is 7.08. The number of para-hydroxylation sites is 1. The summed E-state index contributed by atoms with van der Waals surface area (Å²) in [5, 5.41) is 2.05. The standard InChI is InChI=1S/C23H19N5S/c1-14-6-8-16(9-7-14)20-18(10-17-5-3-4-15(2)19(17)28-20)11-29-23-21-22(25-12-24-21)26-13-27-23/h3-10,12-13H,11H2,1-2H3,(H,24,25,26,27). The van der Waals surface area contributed by atoms with Crippen molar-refractivity contribution in [3.8, 4) is 11.3 Å². The lowest BCUT2D eigenvalue weighted by atomic mass is 10.0. The number of benzene rings is 2. The molecular formula is C23H19N5S. The predicted octanol–water partition coefficient (Wildman–Crippen LogP) is 5.48. The number of aromatic nitrogens is 5. The van der Waals surface area contributed by atoms with Crippen LogP contribution in [-0.4, -0.2) is 24.9 Å². The number of fused-ring (bicyclic) bond motifs is 2. The van der Waals surface area contributed by atoms with E-state index in [1.165, 1.54) is 16.7 Å². The summed E-state index contributed by atoms with van der Waals surface area (Å²) in [6.45, 7) is 4.21. The molecule has 0 atom stereocenters. The van der Waals surface area contributed by atoms with Crippen LogP contribution in [0.15, 0.2) is 66.2 Å². The van der Waals surface area contributed by atoms with E-state index < -0.39 is 0 Å². The Hall–Kier alpha value is -3.25. The topological polar surface area (TPSA) is 67.3 Å². The van der Waals surface area contributed by atoms with Crippen LogP contribution in [0.5, 0.6) is 0 Å². The number of thioether (sulfide) groups is 1. The van der Waals surface area contributed by atoms with Crippen LogP contribution in [0.3, 0.4) is 0 Å². The fourth-order valence-electron chi connectivity index (χ4n) is 3.46. The van der Waals surface area contributed by atoms with E-state index in [1.54, 1.807) is 24.4 Å². The van der Waals surface area contributed by atoms with Gasteiger partial charge in [-0.25, -0.2) is 19.9 Å². The van der Waals surface area contributed by atoms with E-state index in [1.807, 2.05) is 0 Å². The molecule has 0 saturated heterocycles. The zero-order valence-electron chi connectivity index (χ0n) is 16.2. The number of nitrogens with one attached hydrogen (secondary N) is 1. The summed E-state index contributed by atoms with van der Waals surface area (Å²) in [4.78, 5) is 21.1. The highest BCUT2D eigenvalue weighted by Crippen LogP contribution is 2.33. The quantitative estimate of drug-likeness (QED) is 0.321. The predicted molar refractivity (Wildman–Crippen MR) is 118 cm³/mol. The third-order valence-electron chi connectivity index (χ3n) is 5.00. The van der Waals surface area contributed by atoms with Gasteiger partial charge in [-0.1, -0.05) is 59.8 Å². The largest absolute Gasteiger partial charge is 0.341 e. The van der Waals surface area contributed by atoms with Gasteiger partial charge in [0.1, 0.15) is 16.9 Å². The maximum absolute atomic E-state index is 5.07. The molecule has 3 aromatic heterocycles. The molecule has 142 valence electrons. The van der Waals surface area contributed by atoms with Gasteiger partial charge in [-0.3, -0.25) is 0 Å². The number of rotatable bonds is 4. The van der Waals surface area contributed by atoms with Gasteiger partial charge in [0.05, 0.1) is 17.5 Å². The highest BCUT2D eigenvalue weighted by Gasteiger charge is 2.13. The molecule has 0 fully saturated rings. The van der Waals surface area contributed by atoms with Gasteiger partial charge in [0.15, 0.2) is 5.65 Å². The number of hydrogen-bond donors (Lipinski definition) is 1. The van der Waals surface area contributed by atoms with Crippen LogP contribution in [0.1, 0.15) is 16.7 Å². The van der Waals surface area contributed by atoms with E-state index >= 15 is 0 Å². The fourth-order valence-corrected chi connectivity index (χ4v) is 4.39. The second kappa shape index (κ2) is 7.29. The summed E-state index contributed by atoms with van der Waals surface area (Å²) < 4.78 is 0. The summed E-state index contributed by atoms with van der Waals surface area (Å²) in [6, 6.07) is 17.1. The van der Waals surface area contributed by atoms with Crippen LogP contribution in [0.25, 0.3) is 33.3 Å². The van der Waals surface area contributed by atoms with Crippen LogP contribution >= 0.6 is 11.8 Å². The van der Waals surface area contributed by atoms with Crippen molar-refractivity contribution in [2.24, 2.45) is 0 Å². The molecule has 0 aliphatic carbocycles. The molecule has 0 aliphatic rings. The lowest BCUT2D eigenvalue weighted by molar-refractivity contribution is 1.08. The molecule has 0 bridgehead atoms. The van der Waals surface area contributed by atoms with Gasteiger partial charge >= 0.3 is 0 Å². The maximum atomic E-state index is 5.07.